The van der Waals surface area contributed by atoms with Crippen molar-refractivity contribution < 1.29 is 18.8 Å². The molecule has 2 N–H and O–H groups in total. The van der Waals surface area contributed by atoms with Crippen LogP contribution in [0.5, 0.6) is 0 Å². The Morgan fingerprint density at radius 1 is 1.09 bits per heavy atom. The number of nitrogens with zero attached hydrogens (tertiary/aromatic N) is 1. The van der Waals surface area contributed by atoms with E-state index in [1.165, 1.54) is 0 Å². The van der Waals surface area contributed by atoms with Crippen LogP contribution in [0.4, 0.5) is 4.79 Å². The van der Waals surface area contributed by atoms with Gasteiger partial charge in [0.15, 0.2) is 0 Å². The summed E-state index contributed by atoms with van der Waals surface area (Å²) in [7, 11) is 0. The molecule has 0 bridgehead atoms. The van der Waals surface area contributed by atoms with Gasteiger partial charge in [-0.3, -0.25) is 19.7 Å². The van der Waals surface area contributed by atoms with Crippen LogP contribution in [-0.2, 0) is 28.9 Å². The molecule has 1 aliphatic rings. The zero-order valence-electron chi connectivity index (χ0n) is 17.6. The van der Waals surface area contributed by atoms with E-state index in [0.29, 0.717) is 36.7 Å². The molecule has 8 heteroatoms. The first-order chi connectivity index (χ1) is 15.5. The molecule has 7 nitrogen and oxygen atoms in total. The van der Waals surface area contributed by atoms with Crippen LogP contribution in [0.25, 0.3) is 11.5 Å². The maximum atomic E-state index is 12.3. The topological polar surface area (TPSA) is 101 Å². The summed E-state index contributed by atoms with van der Waals surface area (Å²) in [4.78, 5) is 39.8. The van der Waals surface area contributed by atoms with Crippen LogP contribution in [0.2, 0.25) is 0 Å². The van der Waals surface area contributed by atoms with E-state index in [9.17, 15) is 14.4 Å². The van der Waals surface area contributed by atoms with Crippen molar-refractivity contribution in [3.8, 4) is 11.5 Å². The van der Waals surface area contributed by atoms with Gasteiger partial charge in [-0.25, -0.2) is 4.98 Å². The van der Waals surface area contributed by atoms with Crippen LogP contribution < -0.4 is 10.6 Å². The largest absolute Gasteiger partial charge is 0.441 e. The summed E-state index contributed by atoms with van der Waals surface area (Å²) < 4.78 is 5.71. The van der Waals surface area contributed by atoms with E-state index < -0.39 is 0 Å². The maximum absolute atomic E-state index is 12.3. The summed E-state index contributed by atoms with van der Waals surface area (Å²) in [6.45, 7) is 2.32. The molecular weight excluding hydrogens is 426 g/mol. The number of imide groups is 1. The van der Waals surface area contributed by atoms with Crippen LogP contribution in [0.15, 0.2) is 59.0 Å². The minimum absolute atomic E-state index is 0.105. The van der Waals surface area contributed by atoms with Gasteiger partial charge >= 0.3 is 0 Å². The predicted molar refractivity (Wildman–Crippen MR) is 122 cm³/mol. The van der Waals surface area contributed by atoms with E-state index in [0.717, 1.165) is 28.5 Å². The summed E-state index contributed by atoms with van der Waals surface area (Å²) >= 11 is 1.03. The lowest BCUT2D eigenvalue weighted by molar-refractivity contribution is -0.120. The fourth-order valence-corrected chi connectivity index (χ4v) is 4.30. The monoisotopic (exact) mass is 449 g/mol. The number of aryl methyl sites for hydroxylation is 1. The molecule has 4 rings (SSSR count). The van der Waals surface area contributed by atoms with Gasteiger partial charge in [0.25, 0.3) is 5.24 Å². The number of aromatic nitrogens is 1. The highest BCUT2D eigenvalue weighted by molar-refractivity contribution is 8.15. The van der Waals surface area contributed by atoms with E-state index in [1.54, 1.807) is 0 Å². The molecule has 0 aliphatic carbocycles. The molecule has 32 heavy (non-hydrogen) atoms. The summed E-state index contributed by atoms with van der Waals surface area (Å²) in [6.07, 6.45) is 1.37. The Bertz CT molecular complexity index is 1130. The summed E-state index contributed by atoms with van der Waals surface area (Å²) in [5, 5.41) is 4.57. The molecule has 0 unspecified atom stereocenters. The highest BCUT2D eigenvalue weighted by Crippen LogP contribution is 2.23. The first-order valence-electron chi connectivity index (χ1n) is 10.4. The fourth-order valence-electron chi connectivity index (χ4n) is 3.44. The van der Waals surface area contributed by atoms with Gasteiger partial charge in [0, 0.05) is 12.1 Å². The first-order valence-corrected chi connectivity index (χ1v) is 11.2. The molecule has 0 spiro atoms. The number of hydrogen-bond donors (Lipinski definition) is 2. The van der Waals surface area contributed by atoms with Gasteiger partial charge in [-0.2, -0.15) is 0 Å². The molecule has 1 aliphatic heterocycles. The van der Waals surface area contributed by atoms with E-state index >= 15 is 0 Å². The third-order valence-corrected chi connectivity index (χ3v) is 6.17. The van der Waals surface area contributed by atoms with E-state index in [2.05, 4.69) is 15.6 Å². The molecule has 2 aromatic carbocycles. The summed E-state index contributed by atoms with van der Waals surface area (Å²) in [6, 6.07) is 17.5. The Kier molecular flexibility index (Phi) is 6.70. The minimum atomic E-state index is -0.366. The number of amides is 3. The van der Waals surface area contributed by atoms with Crippen LogP contribution >= 0.6 is 11.8 Å². The average Bonchev–Trinajstić information content (AvgIpc) is 3.30. The van der Waals surface area contributed by atoms with Gasteiger partial charge in [-0.1, -0.05) is 54.2 Å². The minimum Gasteiger partial charge on any atom is -0.441 e. The Hall–Kier alpha value is -3.39. The quantitative estimate of drug-likeness (QED) is 0.546. The number of thioether (sulfide) groups is 1. The molecule has 1 atom stereocenters. The van der Waals surface area contributed by atoms with E-state index in [1.807, 2.05) is 61.5 Å². The van der Waals surface area contributed by atoms with Crippen LogP contribution in [0.1, 0.15) is 22.6 Å². The zero-order valence-corrected chi connectivity index (χ0v) is 18.4. The molecule has 2 heterocycles. The first kappa shape index (κ1) is 21.8. The number of hydrogen-bond acceptors (Lipinski definition) is 6. The smallest absolute Gasteiger partial charge is 0.286 e. The molecule has 164 valence electrons. The van der Waals surface area contributed by atoms with Crippen molar-refractivity contribution in [1.82, 2.24) is 15.6 Å². The average molecular weight is 450 g/mol. The van der Waals surface area contributed by atoms with Gasteiger partial charge < -0.3 is 9.73 Å². The lowest BCUT2D eigenvalue weighted by Crippen LogP contribution is -2.27. The van der Waals surface area contributed by atoms with Crippen molar-refractivity contribution in [3.63, 3.8) is 0 Å². The zero-order chi connectivity index (χ0) is 22.5. The Morgan fingerprint density at radius 3 is 2.50 bits per heavy atom. The molecule has 0 saturated carbocycles. The lowest BCUT2D eigenvalue weighted by atomic mass is 10.1. The number of carbonyl (C=O) groups is 3. The molecular formula is C24H23N3O4S. The van der Waals surface area contributed by atoms with Crippen molar-refractivity contribution in [1.29, 1.82) is 0 Å². The highest BCUT2D eigenvalue weighted by Gasteiger charge is 2.31. The third-order valence-electron chi connectivity index (χ3n) is 5.19. The standard InChI is InChI=1S/C24H23N3O4S/c1-15-19(26-23(31-15)18-5-3-2-4-6-18)14-21(28)25-12-11-16-7-9-17(10-8-16)13-20-22(29)27-24(30)32-20/h2-10,20H,11-14H2,1H3,(H,25,28)(H,27,29,30)/t20-/m0/s1. The fraction of sp³-hybridized carbons (Fsp3) is 0.250. The maximum Gasteiger partial charge on any atom is 0.286 e. The number of rotatable bonds is 8. The molecule has 3 amide bonds. The van der Waals surface area contributed by atoms with Crippen molar-refractivity contribution in [2.45, 2.75) is 31.4 Å². The van der Waals surface area contributed by atoms with Gasteiger partial charge in [-0.05, 0) is 43.0 Å². The number of carbonyl (C=O) groups excluding carboxylic acids is 3. The van der Waals surface area contributed by atoms with E-state index in [-0.39, 0.29) is 28.7 Å². The summed E-state index contributed by atoms with van der Waals surface area (Å²) in [5.74, 6) is 0.825. The Morgan fingerprint density at radius 2 is 1.81 bits per heavy atom. The van der Waals surface area contributed by atoms with Crippen LogP contribution in [-0.4, -0.2) is 33.8 Å². The number of nitrogens with one attached hydrogen (secondary N) is 2. The number of benzene rings is 2. The second kappa shape index (κ2) is 9.82. The lowest BCUT2D eigenvalue weighted by Gasteiger charge is -2.08. The van der Waals surface area contributed by atoms with Gasteiger partial charge in [-0.15, -0.1) is 0 Å². The summed E-state index contributed by atoms with van der Waals surface area (Å²) in [5.41, 5.74) is 3.59. The van der Waals surface area contributed by atoms with Crippen molar-refractivity contribution in [3.05, 3.63) is 77.2 Å². The Labute approximate surface area is 190 Å². The molecule has 1 aromatic heterocycles. The van der Waals surface area contributed by atoms with Crippen LogP contribution in [0, 0.1) is 6.92 Å². The Balaban J connectivity index is 1.24. The van der Waals surface area contributed by atoms with Crippen molar-refractivity contribution >= 4 is 28.8 Å². The highest BCUT2D eigenvalue weighted by atomic mass is 32.2. The second-order valence-corrected chi connectivity index (χ2v) is 8.74. The second-order valence-electron chi connectivity index (χ2n) is 7.57. The molecule has 3 aromatic rings. The number of oxazole rings is 1. The predicted octanol–water partition coefficient (Wildman–Crippen LogP) is 3.45. The SMILES string of the molecule is Cc1oc(-c2ccccc2)nc1CC(=O)NCCc1ccc(C[C@@H]2SC(=O)NC2=O)cc1. The molecule has 1 saturated heterocycles. The molecule has 0 radical (unpaired) electrons. The van der Waals surface area contributed by atoms with Crippen LogP contribution in [0.3, 0.4) is 0 Å². The van der Waals surface area contributed by atoms with Crippen molar-refractivity contribution in [2.75, 3.05) is 6.54 Å². The van der Waals surface area contributed by atoms with E-state index in [4.69, 9.17) is 4.42 Å². The third kappa shape index (κ3) is 5.45. The normalized spacial score (nSPS) is 15.6. The molecule has 1 fully saturated rings. The van der Waals surface area contributed by atoms with Crippen molar-refractivity contribution in [2.24, 2.45) is 0 Å². The van der Waals surface area contributed by atoms with Gasteiger partial charge in [0.05, 0.1) is 17.4 Å². The van der Waals surface area contributed by atoms with Gasteiger partial charge in [0.1, 0.15) is 5.76 Å². The van der Waals surface area contributed by atoms with Gasteiger partial charge in [0.2, 0.25) is 17.7 Å².